The molecule has 98 valence electrons. The first-order valence-corrected chi connectivity index (χ1v) is 6.62. The Balaban J connectivity index is 1.97. The molecule has 0 saturated heterocycles. The normalized spacial score (nSPS) is 23.7. The summed E-state index contributed by atoms with van der Waals surface area (Å²) in [4.78, 5) is 15.8. The lowest BCUT2D eigenvalue weighted by molar-refractivity contribution is 0.0867. The predicted molar refractivity (Wildman–Crippen MR) is 70.0 cm³/mol. The fraction of sp³-hybridized carbons (Fsp3) is 0.500. The molecule has 2 N–H and O–H groups in total. The Morgan fingerprint density at radius 1 is 1.33 bits per heavy atom. The first-order chi connectivity index (χ1) is 8.56. The monoisotopic (exact) mass is 288 g/mol. The Hall–Kier alpha value is -0.840. The minimum atomic E-state index is -0.232. The second kappa shape index (κ2) is 5.87. The van der Waals surface area contributed by atoms with Gasteiger partial charge < -0.3 is 10.4 Å². The van der Waals surface area contributed by atoms with Crippen LogP contribution in [0.15, 0.2) is 12.3 Å². The lowest BCUT2D eigenvalue weighted by atomic mass is 9.93. The van der Waals surface area contributed by atoms with E-state index in [2.05, 4.69) is 10.3 Å². The highest BCUT2D eigenvalue weighted by atomic mass is 35.5. The van der Waals surface area contributed by atoms with Gasteiger partial charge in [0.25, 0.3) is 5.91 Å². The summed E-state index contributed by atoms with van der Waals surface area (Å²) in [6.07, 6.45) is 4.21. The standard InChI is InChI=1S/C12H14Cl2N2O2/c13-10-5-7(6-15-11(10)14)12(18)16-8-1-3-9(17)4-2-8/h5-6,8-9,17H,1-4H2,(H,16,18). The van der Waals surface area contributed by atoms with Gasteiger partial charge in [0, 0.05) is 12.2 Å². The van der Waals surface area contributed by atoms with Crippen LogP contribution in [0.4, 0.5) is 0 Å². The highest BCUT2D eigenvalue weighted by Crippen LogP contribution is 2.21. The molecule has 1 amide bonds. The van der Waals surface area contributed by atoms with Crippen molar-refractivity contribution < 1.29 is 9.90 Å². The molecule has 1 aromatic heterocycles. The number of halogens is 2. The van der Waals surface area contributed by atoms with E-state index < -0.39 is 0 Å². The number of amides is 1. The van der Waals surface area contributed by atoms with Crippen molar-refractivity contribution >= 4 is 29.1 Å². The topological polar surface area (TPSA) is 62.2 Å². The summed E-state index contributed by atoms with van der Waals surface area (Å²) < 4.78 is 0. The second-order valence-corrected chi connectivity index (χ2v) is 5.24. The summed E-state index contributed by atoms with van der Waals surface area (Å²) >= 11 is 11.5. The van der Waals surface area contributed by atoms with E-state index in [1.54, 1.807) is 0 Å². The van der Waals surface area contributed by atoms with Gasteiger partial charge in [-0.25, -0.2) is 4.98 Å². The van der Waals surface area contributed by atoms with Gasteiger partial charge in [-0.2, -0.15) is 0 Å². The van der Waals surface area contributed by atoms with E-state index in [-0.39, 0.29) is 28.2 Å². The molecule has 1 aromatic rings. The average molecular weight is 289 g/mol. The number of nitrogens with one attached hydrogen (secondary N) is 1. The molecule has 0 spiro atoms. The maximum absolute atomic E-state index is 11.9. The Labute approximate surface area is 115 Å². The van der Waals surface area contributed by atoms with Crippen LogP contribution in [-0.2, 0) is 0 Å². The molecule has 1 aliphatic rings. The second-order valence-electron chi connectivity index (χ2n) is 4.48. The summed E-state index contributed by atoms with van der Waals surface area (Å²) in [6, 6.07) is 1.61. The van der Waals surface area contributed by atoms with Crippen molar-refractivity contribution in [1.29, 1.82) is 0 Å². The van der Waals surface area contributed by atoms with Crippen molar-refractivity contribution in [2.45, 2.75) is 37.8 Å². The highest BCUT2D eigenvalue weighted by Gasteiger charge is 2.21. The van der Waals surface area contributed by atoms with Gasteiger partial charge >= 0.3 is 0 Å². The van der Waals surface area contributed by atoms with E-state index >= 15 is 0 Å². The van der Waals surface area contributed by atoms with Gasteiger partial charge in [0.1, 0.15) is 5.15 Å². The first kappa shape index (κ1) is 13.6. The number of aliphatic hydroxyl groups excluding tert-OH is 1. The molecule has 1 heterocycles. The highest BCUT2D eigenvalue weighted by molar-refractivity contribution is 6.41. The minimum absolute atomic E-state index is 0.107. The molecule has 6 heteroatoms. The summed E-state index contributed by atoms with van der Waals surface area (Å²) in [5, 5.41) is 12.8. The molecular weight excluding hydrogens is 275 g/mol. The van der Waals surface area contributed by atoms with Crippen molar-refractivity contribution in [2.75, 3.05) is 0 Å². The molecule has 1 aliphatic carbocycles. The smallest absolute Gasteiger partial charge is 0.253 e. The lowest BCUT2D eigenvalue weighted by Crippen LogP contribution is -2.38. The van der Waals surface area contributed by atoms with Gasteiger partial charge in [0.2, 0.25) is 0 Å². The molecule has 0 aromatic carbocycles. The maximum Gasteiger partial charge on any atom is 0.253 e. The van der Waals surface area contributed by atoms with E-state index in [9.17, 15) is 9.90 Å². The molecule has 18 heavy (non-hydrogen) atoms. The largest absolute Gasteiger partial charge is 0.393 e. The third kappa shape index (κ3) is 3.34. The van der Waals surface area contributed by atoms with Crippen LogP contribution in [0.1, 0.15) is 36.0 Å². The van der Waals surface area contributed by atoms with Gasteiger partial charge in [-0.1, -0.05) is 23.2 Å². The molecule has 0 bridgehead atoms. The van der Waals surface area contributed by atoms with Gasteiger partial charge in [0.05, 0.1) is 16.7 Å². The molecule has 2 rings (SSSR count). The van der Waals surface area contributed by atoms with Crippen LogP contribution < -0.4 is 5.32 Å². The van der Waals surface area contributed by atoms with E-state index in [1.807, 2.05) is 0 Å². The van der Waals surface area contributed by atoms with Crippen LogP contribution in [0.3, 0.4) is 0 Å². The predicted octanol–water partition coefficient (Wildman–Crippen LogP) is 2.42. The van der Waals surface area contributed by atoms with E-state index in [4.69, 9.17) is 23.2 Å². The number of rotatable bonds is 2. The number of carbonyl (C=O) groups excluding carboxylic acids is 1. The Bertz CT molecular complexity index is 446. The van der Waals surface area contributed by atoms with Crippen LogP contribution >= 0.6 is 23.2 Å². The van der Waals surface area contributed by atoms with Crippen molar-refractivity contribution in [3.8, 4) is 0 Å². The average Bonchev–Trinajstić information content (AvgIpc) is 2.35. The third-order valence-electron chi connectivity index (χ3n) is 3.09. The summed E-state index contributed by atoms with van der Waals surface area (Å²) in [7, 11) is 0. The van der Waals surface area contributed by atoms with Crippen molar-refractivity contribution in [3.63, 3.8) is 0 Å². The zero-order valence-electron chi connectivity index (χ0n) is 9.70. The summed E-state index contributed by atoms with van der Waals surface area (Å²) in [6.45, 7) is 0. The molecule has 0 unspecified atom stereocenters. The first-order valence-electron chi connectivity index (χ1n) is 5.86. The van der Waals surface area contributed by atoms with E-state index in [0.29, 0.717) is 5.56 Å². The van der Waals surface area contributed by atoms with Crippen molar-refractivity contribution in [3.05, 3.63) is 28.0 Å². The summed E-state index contributed by atoms with van der Waals surface area (Å²) in [5.74, 6) is -0.206. The Kier molecular flexibility index (Phi) is 4.43. The quantitative estimate of drug-likeness (QED) is 0.822. The van der Waals surface area contributed by atoms with Gasteiger partial charge in [0.15, 0.2) is 0 Å². The van der Waals surface area contributed by atoms with Gasteiger partial charge in [-0.05, 0) is 31.7 Å². The van der Waals surface area contributed by atoms with Crippen LogP contribution in [0.5, 0.6) is 0 Å². The van der Waals surface area contributed by atoms with Crippen LogP contribution in [0.25, 0.3) is 0 Å². The molecule has 1 saturated carbocycles. The molecule has 0 atom stereocenters. The van der Waals surface area contributed by atoms with Crippen LogP contribution in [0.2, 0.25) is 10.2 Å². The maximum atomic E-state index is 11.9. The van der Waals surface area contributed by atoms with Crippen molar-refractivity contribution in [1.82, 2.24) is 10.3 Å². The van der Waals surface area contributed by atoms with Crippen LogP contribution in [0, 0.1) is 0 Å². The molecule has 0 radical (unpaired) electrons. The van der Waals surface area contributed by atoms with Crippen molar-refractivity contribution in [2.24, 2.45) is 0 Å². The minimum Gasteiger partial charge on any atom is -0.393 e. The number of hydrogen-bond donors (Lipinski definition) is 2. The Morgan fingerprint density at radius 2 is 2.00 bits per heavy atom. The number of pyridine rings is 1. The number of aliphatic hydroxyl groups is 1. The third-order valence-corrected chi connectivity index (χ3v) is 3.78. The molecular formula is C12H14Cl2N2O2. The number of carbonyl (C=O) groups is 1. The molecule has 4 nitrogen and oxygen atoms in total. The summed E-state index contributed by atoms with van der Waals surface area (Å²) in [5.41, 5.74) is 0.399. The zero-order valence-corrected chi connectivity index (χ0v) is 11.2. The number of hydrogen-bond acceptors (Lipinski definition) is 3. The fourth-order valence-electron chi connectivity index (χ4n) is 2.03. The SMILES string of the molecule is O=C(NC1CCC(O)CC1)c1cnc(Cl)c(Cl)c1. The van der Waals surface area contributed by atoms with Crippen LogP contribution in [-0.4, -0.2) is 28.1 Å². The zero-order chi connectivity index (χ0) is 13.1. The molecule has 1 fully saturated rings. The molecule has 0 aliphatic heterocycles. The van der Waals surface area contributed by atoms with E-state index in [0.717, 1.165) is 25.7 Å². The Morgan fingerprint density at radius 3 is 2.61 bits per heavy atom. The fourth-order valence-corrected chi connectivity index (χ4v) is 2.30. The number of nitrogens with zero attached hydrogens (tertiary/aromatic N) is 1. The van der Waals surface area contributed by atoms with E-state index in [1.165, 1.54) is 12.3 Å². The number of aromatic nitrogens is 1. The van der Waals surface area contributed by atoms with Gasteiger partial charge in [-0.15, -0.1) is 0 Å². The van der Waals surface area contributed by atoms with Gasteiger partial charge in [-0.3, -0.25) is 4.79 Å². The lowest BCUT2D eigenvalue weighted by Gasteiger charge is -2.26.